The second-order valence-corrected chi connectivity index (χ2v) is 13.5. The molecule has 0 aliphatic carbocycles. The van der Waals surface area contributed by atoms with E-state index in [-0.39, 0.29) is 36.3 Å². The number of rotatable bonds is 13. The number of carbonyl (C=O) groups excluding carboxylic acids is 3. The molecule has 3 fully saturated rings. The highest BCUT2D eigenvalue weighted by Gasteiger charge is 2.78. The lowest BCUT2D eigenvalue weighted by Crippen LogP contribution is -2.59. The van der Waals surface area contributed by atoms with Crippen LogP contribution in [0.25, 0.3) is 0 Å². The minimum atomic E-state index is -0.720. The third kappa shape index (κ3) is 4.77. The van der Waals surface area contributed by atoms with Crippen LogP contribution in [0.3, 0.4) is 0 Å². The molecule has 3 amide bonds. The van der Waals surface area contributed by atoms with Crippen molar-refractivity contribution in [2.75, 3.05) is 26.2 Å². The van der Waals surface area contributed by atoms with E-state index in [1.54, 1.807) is 33.7 Å². The van der Waals surface area contributed by atoms with Gasteiger partial charge in [0.1, 0.15) is 6.04 Å². The first-order chi connectivity index (χ1) is 17.5. The Morgan fingerprint density at radius 1 is 1.16 bits per heavy atom. The Bertz CT molecular complexity index is 910. The predicted octanol–water partition coefficient (Wildman–Crippen LogP) is 3.72. The maximum absolute atomic E-state index is 14.5. The van der Waals surface area contributed by atoms with E-state index in [0.29, 0.717) is 26.1 Å². The van der Waals surface area contributed by atoms with Gasteiger partial charge in [-0.15, -0.1) is 24.9 Å². The molecule has 1 spiro atoms. The standard InChI is InChI=1S/C29H47N3O4S/c1-9-15-30(16-10-2)25(34)22-23-26(35)32(21(18-33)20(7)12-4)24(27(36)31(17-11-3)19(5)6)29(23)14-13-28(22,8)37-29/h9,11,19-24,33H,1,3,10,12-18H2,2,4-8H3/t20-,21-,22-,23-,24?,28+,29?/m0/s1. The molecule has 0 aromatic rings. The summed E-state index contributed by atoms with van der Waals surface area (Å²) in [4.78, 5) is 48.3. The lowest BCUT2D eigenvalue weighted by Gasteiger charge is -2.42. The Labute approximate surface area is 227 Å². The summed E-state index contributed by atoms with van der Waals surface area (Å²) in [6.07, 6.45) is 6.53. The minimum absolute atomic E-state index is 0.00988. The van der Waals surface area contributed by atoms with Gasteiger partial charge >= 0.3 is 0 Å². The fourth-order valence-electron chi connectivity index (χ4n) is 6.96. The van der Waals surface area contributed by atoms with Crippen molar-refractivity contribution in [2.45, 2.75) is 94.8 Å². The van der Waals surface area contributed by atoms with Crippen LogP contribution in [0.2, 0.25) is 0 Å². The number of amides is 3. The molecule has 7 nitrogen and oxygen atoms in total. The summed E-state index contributed by atoms with van der Waals surface area (Å²) in [6.45, 7) is 21.1. The maximum Gasteiger partial charge on any atom is 0.247 e. The summed E-state index contributed by atoms with van der Waals surface area (Å²) >= 11 is 1.69. The third-order valence-corrected chi connectivity index (χ3v) is 10.9. The summed E-state index contributed by atoms with van der Waals surface area (Å²) in [5.41, 5.74) is 0. The van der Waals surface area contributed by atoms with Crippen molar-refractivity contribution < 1.29 is 19.5 Å². The van der Waals surface area contributed by atoms with E-state index in [9.17, 15) is 19.5 Å². The van der Waals surface area contributed by atoms with E-state index < -0.39 is 33.4 Å². The van der Waals surface area contributed by atoms with Crippen molar-refractivity contribution in [2.24, 2.45) is 17.8 Å². The van der Waals surface area contributed by atoms with Crippen molar-refractivity contribution >= 4 is 29.5 Å². The Kier molecular flexibility index (Phi) is 9.26. The number of carbonyl (C=O) groups is 3. The largest absolute Gasteiger partial charge is 0.394 e. The molecule has 0 aromatic carbocycles. The molecule has 3 aliphatic heterocycles. The fraction of sp³-hybridized carbons (Fsp3) is 0.759. The molecular formula is C29H47N3O4S. The van der Waals surface area contributed by atoms with Crippen LogP contribution in [0.1, 0.15) is 67.2 Å². The van der Waals surface area contributed by atoms with Gasteiger partial charge in [-0.25, -0.2) is 0 Å². The molecule has 8 heteroatoms. The van der Waals surface area contributed by atoms with Crippen molar-refractivity contribution in [3.8, 4) is 0 Å². The summed E-state index contributed by atoms with van der Waals surface area (Å²) in [5.74, 6) is -1.35. The van der Waals surface area contributed by atoms with Gasteiger partial charge in [0, 0.05) is 30.4 Å². The van der Waals surface area contributed by atoms with E-state index in [0.717, 1.165) is 19.3 Å². The number of aliphatic hydroxyl groups is 1. The first-order valence-electron chi connectivity index (χ1n) is 13.9. The van der Waals surface area contributed by atoms with Gasteiger partial charge in [0.2, 0.25) is 17.7 Å². The number of aliphatic hydroxyl groups excluding tert-OH is 1. The second-order valence-electron chi connectivity index (χ2n) is 11.6. The van der Waals surface area contributed by atoms with Crippen molar-refractivity contribution in [3.05, 3.63) is 25.3 Å². The molecule has 0 saturated carbocycles. The zero-order valence-electron chi connectivity index (χ0n) is 23.6. The molecule has 2 unspecified atom stereocenters. The molecule has 3 aliphatic rings. The summed E-state index contributed by atoms with van der Waals surface area (Å²) in [6, 6.07) is -1.27. The van der Waals surface area contributed by atoms with Gasteiger partial charge in [0.15, 0.2) is 0 Å². The second kappa shape index (κ2) is 11.5. The number of thioether (sulfide) groups is 1. The summed E-state index contributed by atoms with van der Waals surface area (Å²) in [7, 11) is 0. The lowest BCUT2D eigenvalue weighted by atomic mass is 9.66. The zero-order chi connectivity index (χ0) is 27.7. The van der Waals surface area contributed by atoms with Crippen molar-refractivity contribution in [3.63, 3.8) is 0 Å². The number of hydrogen-bond donors (Lipinski definition) is 1. The van der Waals surface area contributed by atoms with Crippen LogP contribution in [-0.2, 0) is 14.4 Å². The Hall–Kier alpha value is -1.80. The molecule has 3 heterocycles. The smallest absolute Gasteiger partial charge is 0.247 e. The SMILES string of the molecule is C=CCN(CCC)C(=O)[C@@H]1[C@H]2C(=O)N([C@@H](CO)[C@@H](C)CC)C(C(=O)N(CC=C)C(C)C)C23CC[C@@]1(C)S3. The molecule has 37 heavy (non-hydrogen) atoms. The van der Waals surface area contributed by atoms with E-state index >= 15 is 0 Å². The van der Waals surface area contributed by atoms with Gasteiger partial charge in [-0.2, -0.15) is 0 Å². The zero-order valence-corrected chi connectivity index (χ0v) is 24.4. The molecular weight excluding hydrogens is 486 g/mol. The number of hydrogen-bond acceptors (Lipinski definition) is 5. The highest BCUT2D eigenvalue weighted by Crippen LogP contribution is 2.72. The first kappa shape index (κ1) is 29.8. The average Bonchev–Trinajstić information content (AvgIpc) is 3.42. The van der Waals surface area contributed by atoms with Gasteiger partial charge in [0.25, 0.3) is 0 Å². The van der Waals surface area contributed by atoms with Crippen LogP contribution < -0.4 is 0 Å². The Morgan fingerprint density at radius 3 is 2.32 bits per heavy atom. The lowest BCUT2D eigenvalue weighted by molar-refractivity contribution is -0.149. The number of likely N-dealkylation sites (tertiary alicyclic amines) is 1. The number of nitrogens with zero attached hydrogens (tertiary/aromatic N) is 3. The quantitative estimate of drug-likeness (QED) is 0.365. The molecule has 208 valence electrons. The van der Waals surface area contributed by atoms with Crippen LogP contribution in [-0.4, -0.2) is 91.4 Å². The van der Waals surface area contributed by atoms with Gasteiger partial charge in [-0.1, -0.05) is 39.3 Å². The third-order valence-electron chi connectivity index (χ3n) is 8.95. The van der Waals surface area contributed by atoms with Crippen LogP contribution in [0, 0.1) is 17.8 Å². The molecule has 3 rings (SSSR count). The highest BCUT2D eigenvalue weighted by molar-refractivity contribution is 8.02. The van der Waals surface area contributed by atoms with Gasteiger partial charge in [-0.05, 0) is 46.0 Å². The average molecular weight is 534 g/mol. The minimum Gasteiger partial charge on any atom is -0.394 e. The number of fused-ring (bicyclic) bond motifs is 1. The molecule has 0 aromatic heterocycles. The van der Waals surface area contributed by atoms with Crippen LogP contribution in [0.5, 0.6) is 0 Å². The van der Waals surface area contributed by atoms with E-state index in [1.165, 1.54) is 0 Å². The van der Waals surface area contributed by atoms with Crippen molar-refractivity contribution in [1.29, 1.82) is 0 Å². The molecule has 3 saturated heterocycles. The van der Waals surface area contributed by atoms with E-state index in [2.05, 4.69) is 20.1 Å². The van der Waals surface area contributed by atoms with Crippen LogP contribution in [0.15, 0.2) is 25.3 Å². The predicted molar refractivity (Wildman–Crippen MR) is 150 cm³/mol. The Balaban J connectivity index is 2.18. The molecule has 1 N–H and O–H groups in total. The monoisotopic (exact) mass is 533 g/mol. The Morgan fingerprint density at radius 2 is 1.81 bits per heavy atom. The summed E-state index contributed by atoms with van der Waals surface area (Å²) < 4.78 is -1.11. The topological polar surface area (TPSA) is 81.2 Å². The first-order valence-corrected chi connectivity index (χ1v) is 14.7. The maximum atomic E-state index is 14.5. The van der Waals surface area contributed by atoms with Gasteiger partial charge in [0.05, 0.1) is 29.2 Å². The molecule has 0 radical (unpaired) electrons. The summed E-state index contributed by atoms with van der Waals surface area (Å²) in [5, 5.41) is 10.5. The molecule has 2 bridgehead atoms. The molecule has 7 atom stereocenters. The fourth-order valence-corrected chi connectivity index (χ4v) is 9.29. The van der Waals surface area contributed by atoms with Gasteiger partial charge < -0.3 is 19.8 Å². The normalized spacial score (nSPS) is 31.8. The van der Waals surface area contributed by atoms with Crippen LogP contribution >= 0.6 is 11.8 Å². The van der Waals surface area contributed by atoms with Crippen LogP contribution in [0.4, 0.5) is 0 Å². The van der Waals surface area contributed by atoms with E-state index in [1.807, 2.05) is 39.5 Å². The van der Waals surface area contributed by atoms with E-state index in [4.69, 9.17) is 0 Å². The highest BCUT2D eigenvalue weighted by atomic mass is 32.2. The van der Waals surface area contributed by atoms with Gasteiger partial charge in [-0.3, -0.25) is 14.4 Å². The van der Waals surface area contributed by atoms with Crippen molar-refractivity contribution in [1.82, 2.24) is 14.7 Å².